The molecule has 0 radical (unpaired) electrons. The fourth-order valence-corrected chi connectivity index (χ4v) is 2.71. The fraction of sp³-hybridized carbons (Fsp3) is 0.438. The van der Waals surface area contributed by atoms with Crippen molar-refractivity contribution in [1.82, 2.24) is 25.0 Å². The Morgan fingerprint density at radius 1 is 1.32 bits per heavy atom. The summed E-state index contributed by atoms with van der Waals surface area (Å²) in [7, 11) is 1.89. The van der Waals surface area contributed by atoms with Crippen LogP contribution < -0.4 is 5.32 Å². The number of hydrogen-bond acceptors (Lipinski definition) is 3. The molecule has 3 rings (SSSR count). The van der Waals surface area contributed by atoms with Crippen molar-refractivity contribution < 1.29 is 0 Å². The van der Waals surface area contributed by atoms with E-state index in [0.717, 1.165) is 37.8 Å². The number of nitrogens with zero attached hydrogens (tertiary/aromatic N) is 5. The van der Waals surface area contributed by atoms with Gasteiger partial charge in [-0.25, -0.2) is 9.98 Å². The van der Waals surface area contributed by atoms with E-state index < -0.39 is 0 Å². The summed E-state index contributed by atoms with van der Waals surface area (Å²) in [6.07, 6.45) is 2.62. The Hall–Kier alpha value is -2.37. The first-order valence-electron chi connectivity index (χ1n) is 7.71. The molecule has 0 saturated carbocycles. The molecule has 1 N–H and O–H groups in total. The molecule has 0 amide bonds. The summed E-state index contributed by atoms with van der Waals surface area (Å²) in [6.45, 7) is 5.38. The minimum atomic E-state index is 0.539. The van der Waals surface area contributed by atoms with E-state index >= 15 is 0 Å². The van der Waals surface area contributed by atoms with E-state index in [1.165, 1.54) is 11.1 Å². The molecule has 1 aromatic heterocycles. The molecule has 0 aliphatic carbocycles. The molecule has 6 heteroatoms. The molecule has 0 unspecified atom stereocenters. The lowest BCUT2D eigenvalue weighted by atomic mass is 10.0. The minimum Gasteiger partial charge on any atom is -0.356 e. The second-order valence-electron chi connectivity index (χ2n) is 5.41. The van der Waals surface area contributed by atoms with Crippen molar-refractivity contribution in [2.45, 2.75) is 26.4 Å². The number of rotatable bonds is 3. The molecule has 2 heterocycles. The van der Waals surface area contributed by atoms with Crippen LogP contribution in [0.3, 0.4) is 0 Å². The Bertz CT molecular complexity index is 660. The van der Waals surface area contributed by atoms with Gasteiger partial charge in [0.15, 0.2) is 5.96 Å². The topological polar surface area (TPSA) is 58.3 Å². The average molecular weight is 298 g/mol. The predicted molar refractivity (Wildman–Crippen MR) is 86.4 cm³/mol. The van der Waals surface area contributed by atoms with E-state index in [0.29, 0.717) is 6.54 Å². The van der Waals surface area contributed by atoms with Crippen LogP contribution in [-0.2, 0) is 26.6 Å². The van der Waals surface area contributed by atoms with Gasteiger partial charge in [0, 0.05) is 26.7 Å². The van der Waals surface area contributed by atoms with Gasteiger partial charge in [0.05, 0.1) is 0 Å². The molecule has 2 aromatic rings. The van der Waals surface area contributed by atoms with Gasteiger partial charge in [0.25, 0.3) is 0 Å². The van der Waals surface area contributed by atoms with Crippen molar-refractivity contribution >= 4 is 5.96 Å². The Morgan fingerprint density at radius 2 is 2.14 bits per heavy atom. The van der Waals surface area contributed by atoms with Gasteiger partial charge in [-0.2, -0.15) is 5.10 Å². The van der Waals surface area contributed by atoms with Crippen LogP contribution in [0, 0.1) is 0 Å². The van der Waals surface area contributed by atoms with Crippen LogP contribution in [0.4, 0.5) is 0 Å². The Morgan fingerprint density at radius 3 is 2.86 bits per heavy atom. The third-order valence-electron chi connectivity index (χ3n) is 3.94. The lowest BCUT2D eigenvalue weighted by molar-refractivity contribution is 0.378. The largest absolute Gasteiger partial charge is 0.356 e. The van der Waals surface area contributed by atoms with Gasteiger partial charge >= 0.3 is 0 Å². The van der Waals surface area contributed by atoms with Gasteiger partial charge in [0.1, 0.15) is 18.7 Å². The predicted octanol–water partition coefficient (Wildman–Crippen LogP) is 1.34. The average Bonchev–Trinajstić information content (AvgIpc) is 2.96. The van der Waals surface area contributed by atoms with Crippen LogP contribution in [0.1, 0.15) is 23.9 Å². The summed E-state index contributed by atoms with van der Waals surface area (Å²) in [6, 6.07) is 8.64. The molecular formula is C16H22N6. The smallest absolute Gasteiger partial charge is 0.194 e. The summed E-state index contributed by atoms with van der Waals surface area (Å²) < 4.78 is 1.76. The Labute approximate surface area is 130 Å². The van der Waals surface area contributed by atoms with Crippen LogP contribution in [-0.4, -0.2) is 38.7 Å². The van der Waals surface area contributed by atoms with E-state index in [4.69, 9.17) is 4.99 Å². The lowest BCUT2D eigenvalue weighted by Gasteiger charge is -2.31. The summed E-state index contributed by atoms with van der Waals surface area (Å²) in [5, 5.41) is 7.47. The van der Waals surface area contributed by atoms with Crippen molar-refractivity contribution in [3.63, 3.8) is 0 Å². The van der Waals surface area contributed by atoms with Gasteiger partial charge in [-0.1, -0.05) is 24.3 Å². The van der Waals surface area contributed by atoms with E-state index in [-0.39, 0.29) is 0 Å². The van der Waals surface area contributed by atoms with E-state index in [2.05, 4.69) is 51.5 Å². The number of hydrogen-bond donors (Lipinski definition) is 1. The first-order chi connectivity index (χ1) is 10.8. The number of aryl methyl sites for hydroxylation is 1. The first kappa shape index (κ1) is 14.6. The maximum Gasteiger partial charge on any atom is 0.194 e. The second kappa shape index (κ2) is 6.60. The van der Waals surface area contributed by atoms with Crippen molar-refractivity contribution in [1.29, 1.82) is 0 Å². The number of benzene rings is 1. The highest BCUT2D eigenvalue weighted by atomic mass is 15.3. The molecular weight excluding hydrogens is 276 g/mol. The summed E-state index contributed by atoms with van der Waals surface area (Å²) >= 11 is 0. The molecule has 0 spiro atoms. The lowest BCUT2D eigenvalue weighted by Crippen LogP contribution is -2.44. The van der Waals surface area contributed by atoms with Gasteiger partial charge in [-0.15, -0.1) is 0 Å². The van der Waals surface area contributed by atoms with E-state index in [1.807, 2.05) is 7.05 Å². The molecule has 1 aliphatic rings. The normalized spacial score (nSPS) is 14.8. The highest BCUT2D eigenvalue weighted by Gasteiger charge is 2.18. The summed E-state index contributed by atoms with van der Waals surface area (Å²) in [5.74, 6) is 1.81. The Kier molecular flexibility index (Phi) is 4.37. The van der Waals surface area contributed by atoms with Crippen molar-refractivity contribution in [2.24, 2.45) is 12.0 Å². The number of nitrogens with one attached hydrogen (secondary N) is 1. The zero-order chi connectivity index (χ0) is 15.4. The molecule has 22 heavy (non-hydrogen) atoms. The number of aliphatic imine (C=N–C) groups is 1. The van der Waals surface area contributed by atoms with Crippen LogP contribution >= 0.6 is 0 Å². The molecule has 0 atom stereocenters. The molecule has 0 saturated heterocycles. The SMILES string of the molecule is CCNC(=NCc1ncnn1C)N1CCc2ccccc2C1. The third-order valence-corrected chi connectivity index (χ3v) is 3.94. The van der Waals surface area contributed by atoms with E-state index in [1.54, 1.807) is 11.0 Å². The monoisotopic (exact) mass is 298 g/mol. The van der Waals surface area contributed by atoms with Crippen LogP contribution in [0.5, 0.6) is 0 Å². The van der Waals surface area contributed by atoms with Crippen molar-refractivity contribution in [2.75, 3.05) is 13.1 Å². The van der Waals surface area contributed by atoms with Gasteiger partial charge in [-0.3, -0.25) is 4.68 Å². The highest BCUT2D eigenvalue weighted by Crippen LogP contribution is 2.18. The molecule has 0 bridgehead atoms. The third kappa shape index (κ3) is 3.10. The second-order valence-corrected chi connectivity index (χ2v) is 5.41. The van der Waals surface area contributed by atoms with E-state index in [9.17, 15) is 0 Å². The number of fused-ring (bicyclic) bond motifs is 1. The zero-order valence-electron chi connectivity index (χ0n) is 13.2. The van der Waals surface area contributed by atoms with Crippen LogP contribution in [0.25, 0.3) is 0 Å². The maximum absolute atomic E-state index is 4.72. The van der Waals surface area contributed by atoms with Gasteiger partial charge < -0.3 is 10.2 Å². The van der Waals surface area contributed by atoms with Gasteiger partial charge in [0.2, 0.25) is 0 Å². The number of aromatic nitrogens is 3. The summed E-state index contributed by atoms with van der Waals surface area (Å²) in [5.41, 5.74) is 2.83. The highest BCUT2D eigenvalue weighted by molar-refractivity contribution is 5.80. The quantitative estimate of drug-likeness (QED) is 0.686. The van der Waals surface area contributed by atoms with Crippen molar-refractivity contribution in [3.8, 4) is 0 Å². The zero-order valence-corrected chi connectivity index (χ0v) is 13.2. The standard InChI is InChI=1S/C16H22N6/c1-3-17-16(18-10-15-19-12-20-21(15)2)22-9-8-13-6-4-5-7-14(13)11-22/h4-7,12H,3,8-11H2,1-2H3,(H,17,18). The summed E-state index contributed by atoms with van der Waals surface area (Å²) in [4.78, 5) is 11.3. The molecule has 1 aliphatic heterocycles. The van der Waals surface area contributed by atoms with Crippen molar-refractivity contribution in [3.05, 3.63) is 47.5 Å². The molecule has 1 aromatic carbocycles. The minimum absolute atomic E-state index is 0.539. The molecule has 6 nitrogen and oxygen atoms in total. The molecule has 0 fully saturated rings. The van der Waals surface area contributed by atoms with Gasteiger partial charge in [-0.05, 0) is 24.5 Å². The first-order valence-corrected chi connectivity index (χ1v) is 7.71. The van der Waals surface area contributed by atoms with Crippen LogP contribution in [0.2, 0.25) is 0 Å². The molecule has 116 valence electrons. The Balaban J connectivity index is 1.75. The fourth-order valence-electron chi connectivity index (χ4n) is 2.71. The van der Waals surface area contributed by atoms with Crippen LogP contribution in [0.15, 0.2) is 35.6 Å². The number of guanidine groups is 1. The maximum atomic E-state index is 4.72.